The minimum atomic E-state index is 0.289. The second-order valence-electron chi connectivity index (χ2n) is 4.03. The van der Waals surface area contributed by atoms with Gasteiger partial charge in [0, 0.05) is 18.3 Å². The monoisotopic (exact) mass is 232 g/mol. The molecule has 3 heteroatoms. The Hall–Kier alpha value is -1.64. The van der Waals surface area contributed by atoms with E-state index < -0.39 is 0 Å². The lowest BCUT2D eigenvalue weighted by Gasteiger charge is -2.15. The first-order valence-corrected chi connectivity index (χ1v) is 5.97. The van der Waals surface area contributed by atoms with Crippen molar-refractivity contribution in [2.45, 2.75) is 33.6 Å². The van der Waals surface area contributed by atoms with Crippen LogP contribution in [0.5, 0.6) is 5.75 Å². The Labute approximate surface area is 103 Å². The molecule has 0 saturated carbocycles. The number of aliphatic imine (C=N–C) groups is 1. The van der Waals surface area contributed by atoms with Crippen molar-refractivity contribution in [2.75, 3.05) is 0 Å². The van der Waals surface area contributed by atoms with Gasteiger partial charge in [0.25, 0.3) is 0 Å². The lowest BCUT2D eigenvalue weighted by atomic mass is 10.1. The number of pyridine rings is 1. The molecule has 1 atom stereocenters. The Balaban J connectivity index is 2.84. The quantitative estimate of drug-likeness (QED) is 0.572. The van der Waals surface area contributed by atoms with Crippen molar-refractivity contribution < 1.29 is 4.74 Å². The summed E-state index contributed by atoms with van der Waals surface area (Å²) in [6.45, 7) is 9.80. The van der Waals surface area contributed by atoms with Crippen molar-refractivity contribution in [3.05, 3.63) is 36.8 Å². The summed E-state index contributed by atoms with van der Waals surface area (Å²) in [5, 5.41) is 0. The topological polar surface area (TPSA) is 34.5 Å². The molecule has 0 aliphatic heterocycles. The Morgan fingerprint density at radius 2 is 2.41 bits per heavy atom. The molecule has 0 aliphatic rings. The first kappa shape index (κ1) is 13.4. The molecule has 0 spiro atoms. The zero-order chi connectivity index (χ0) is 12.7. The van der Waals surface area contributed by atoms with E-state index in [0.29, 0.717) is 5.90 Å². The molecule has 92 valence electrons. The Kier molecular flexibility index (Phi) is 5.40. The average Bonchev–Trinajstić information content (AvgIpc) is 2.31. The molecule has 0 N–H and O–H groups in total. The second kappa shape index (κ2) is 6.84. The van der Waals surface area contributed by atoms with Gasteiger partial charge in [0.15, 0.2) is 5.90 Å². The Morgan fingerprint density at radius 3 is 3.00 bits per heavy atom. The number of aryl methyl sites for hydroxylation is 1. The van der Waals surface area contributed by atoms with Crippen LogP contribution >= 0.6 is 0 Å². The first-order valence-electron chi connectivity index (χ1n) is 5.97. The molecule has 0 fully saturated rings. The maximum absolute atomic E-state index is 5.82. The number of nitrogens with zero attached hydrogens (tertiary/aromatic N) is 2. The zero-order valence-corrected chi connectivity index (χ0v) is 10.8. The van der Waals surface area contributed by atoms with Gasteiger partial charge in [-0.3, -0.25) is 4.98 Å². The predicted molar refractivity (Wildman–Crippen MR) is 71.3 cm³/mol. The van der Waals surface area contributed by atoms with Crippen LogP contribution in [0.3, 0.4) is 0 Å². The average molecular weight is 232 g/mol. The highest BCUT2D eigenvalue weighted by molar-refractivity contribution is 5.81. The van der Waals surface area contributed by atoms with Crippen molar-refractivity contribution in [2.24, 2.45) is 10.9 Å². The fourth-order valence-electron chi connectivity index (χ4n) is 1.59. The van der Waals surface area contributed by atoms with E-state index in [-0.39, 0.29) is 5.92 Å². The summed E-state index contributed by atoms with van der Waals surface area (Å²) in [7, 11) is 0. The molecular formula is C14H20N2O. The van der Waals surface area contributed by atoms with E-state index in [4.69, 9.17) is 4.74 Å². The van der Waals surface area contributed by atoms with Crippen molar-refractivity contribution in [1.82, 2.24) is 4.98 Å². The van der Waals surface area contributed by atoms with Crippen LogP contribution in [0.25, 0.3) is 0 Å². The molecule has 3 nitrogen and oxygen atoms in total. The lowest BCUT2D eigenvalue weighted by molar-refractivity contribution is 0.476. The van der Waals surface area contributed by atoms with Crippen LogP contribution in [0.2, 0.25) is 0 Å². The highest BCUT2D eigenvalue weighted by Gasteiger charge is 2.13. The van der Waals surface area contributed by atoms with Crippen LogP contribution in [0.15, 0.2) is 36.1 Å². The summed E-state index contributed by atoms with van der Waals surface area (Å²) >= 11 is 0. The number of rotatable bonds is 5. The largest absolute Gasteiger partial charge is 0.441 e. The maximum Gasteiger partial charge on any atom is 0.197 e. The minimum Gasteiger partial charge on any atom is -0.441 e. The van der Waals surface area contributed by atoms with Gasteiger partial charge in [-0.15, -0.1) is 0 Å². The standard InChI is InChI=1S/C14H20N2O/c1-5-8-11(3)14(15-6-2)17-13-9-7-10-16-12(13)4/h6-7,9-11H,2,5,8H2,1,3-4H3. The Morgan fingerprint density at radius 1 is 1.65 bits per heavy atom. The molecule has 1 aromatic rings. The van der Waals surface area contributed by atoms with Gasteiger partial charge in [0.2, 0.25) is 0 Å². The lowest BCUT2D eigenvalue weighted by Crippen LogP contribution is -2.18. The summed E-state index contributed by atoms with van der Waals surface area (Å²) in [4.78, 5) is 8.40. The molecule has 1 unspecified atom stereocenters. The van der Waals surface area contributed by atoms with Crippen molar-refractivity contribution in [3.8, 4) is 5.75 Å². The molecular weight excluding hydrogens is 212 g/mol. The molecule has 1 rings (SSSR count). The van der Waals surface area contributed by atoms with E-state index in [0.717, 1.165) is 24.3 Å². The third-order valence-corrected chi connectivity index (χ3v) is 2.53. The normalized spacial score (nSPS) is 13.2. The van der Waals surface area contributed by atoms with Crippen molar-refractivity contribution in [1.29, 1.82) is 0 Å². The van der Waals surface area contributed by atoms with E-state index in [1.165, 1.54) is 6.20 Å². The minimum absolute atomic E-state index is 0.289. The van der Waals surface area contributed by atoms with E-state index in [1.54, 1.807) is 6.20 Å². The molecule has 1 aromatic heterocycles. The van der Waals surface area contributed by atoms with Crippen LogP contribution in [-0.4, -0.2) is 10.9 Å². The SMILES string of the molecule is C=CN=C(Oc1cccnc1C)C(C)CCC. The van der Waals surface area contributed by atoms with Crippen LogP contribution in [-0.2, 0) is 0 Å². The molecule has 0 radical (unpaired) electrons. The van der Waals surface area contributed by atoms with Gasteiger partial charge in [-0.25, -0.2) is 4.99 Å². The summed E-state index contributed by atoms with van der Waals surface area (Å²) < 4.78 is 5.82. The first-order chi connectivity index (χ1) is 8.19. The molecule has 0 saturated heterocycles. The number of aromatic nitrogens is 1. The van der Waals surface area contributed by atoms with E-state index >= 15 is 0 Å². The van der Waals surface area contributed by atoms with Gasteiger partial charge < -0.3 is 4.74 Å². The summed E-state index contributed by atoms with van der Waals surface area (Å²) in [5.74, 6) is 1.76. The fraction of sp³-hybridized carbons (Fsp3) is 0.429. The third-order valence-electron chi connectivity index (χ3n) is 2.53. The second-order valence-corrected chi connectivity index (χ2v) is 4.03. The third kappa shape index (κ3) is 4.02. The highest BCUT2D eigenvalue weighted by atomic mass is 16.5. The van der Waals surface area contributed by atoms with Gasteiger partial charge in [-0.2, -0.15) is 0 Å². The van der Waals surface area contributed by atoms with Crippen LogP contribution in [0.4, 0.5) is 0 Å². The smallest absolute Gasteiger partial charge is 0.197 e. The Bertz CT molecular complexity index is 399. The molecule has 0 aromatic carbocycles. The molecule has 0 bridgehead atoms. The van der Waals surface area contributed by atoms with E-state index in [2.05, 4.69) is 30.4 Å². The number of ether oxygens (including phenoxy) is 1. The zero-order valence-electron chi connectivity index (χ0n) is 10.8. The van der Waals surface area contributed by atoms with Gasteiger partial charge in [-0.05, 0) is 25.5 Å². The van der Waals surface area contributed by atoms with Crippen molar-refractivity contribution >= 4 is 5.90 Å². The van der Waals surface area contributed by atoms with Crippen molar-refractivity contribution in [3.63, 3.8) is 0 Å². The fourth-order valence-corrected chi connectivity index (χ4v) is 1.59. The predicted octanol–water partition coefficient (Wildman–Crippen LogP) is 3.75. The molecule has 1 heterocycles. The van der Waals surface area contributed by atoms with E-state index in [9.17, 15) is 0 Å². The summed E-state index contributed by atoms with van der Waals surface area (Å²) in [6, 6.07) is 3.76. The summed E-state index contributed by atoms with van der Waals surface area (Å²) in [5.41, 5.74) is 0.868. The molecule has 0 amide bonds. The van der Waals surface area contributed by atoms with Crippen LogP contribution in [0, 0.1) is 12.8 Å². The van der Waals surface area contributed by atoms with E-state index in [1.807, 2.05) is 19.1 Å². The number of hydrogen-bond acceptors (Lipinski definition) is 3. The van der Waals surface area contributed by atoms with Gasteiger partial charge in [0.05, 0.1) is 5.69 Å². The highest BCUT2D eigenvalue weighted by Crippen LogP contribution is 2.18. The van der Waals surface area contributed by atoms with Crippen LogP contribution in [0.1, 0.15) is 32.4 Å². The molecule has 17 heavy (non-hydrogen) atoms. The summed E-state index contributed by atoms with van der Waals surface area (Å²) in [6.07, 6.45) is 5.42. The molecule has 0 aliphatic carbocycles. The van der Waals surface area contributed by atoms with Crippen LogP contribution < -0.4 is 4.74 Å². The van der Waals surface area contributed by atoms with Gasteiger partial charge in [0.1, 0.15) is 5.75 Å². The maximum atomic E-state index is 5.82. The van der Waals surface area contributed by atoms with Gasteiger partial charge >= 0.3 is 0 Å². The van der Waals surface area contributed by atoms with Gasteiger partial charge in [-0.1, -0.05) is 26.8 Å². The number of hydrogen-bond donors (Lipinski definition) is 0.